The summed E-state index contributed by atoms with van der Waals surface area (Å²) in [5.74, 6) is -1.23. The van der Waals surface area contributed by atoms with Crippen molar-refractivity contribution >= 4 is 43.6 Å². The number of benzene rings is 1. The zero-order valence-electron chi connectivity index (χ0n) is 22.7. The molecule has 0 atom stereocenters. The number of halogens is 2. The summed E-state index contributed by atoms with van der Waals surface area (Å²) in [5.41, 5.74) is 3.28. The summed E-state index contributed by atoms with van der Waals surface area (Å²) in [6, 6.07) is 7.36. The van der Waals surface area contributed by atoms with Crippen LogP contribution in [0.25, 0.3) is 56.0 Å². The number of aromatic amines is 2. The minimum absolute atomic E-state index is 0.00343. The van der Waals surface area contributed by atoms with E-state index in [0.29, 0.717) is 44.6 Å². The van der Waals surface area contributed by atoms with Crippen LogP contribution < -0.4 is 10.0 Å². The van der Waals surface area contributed by atoms with E-state index in [-0.39, 0.29) is 41.5 Å². The zero-order chi connectivity index (χ0) is 30.3. The molecule has 15 heteroatoms. The SMILES string of the molecule is CCC(=O)Nc1cncc(-c2ncc3[nH]nc(-c4nc5c(-c6cc(F)cc(CNS(C)(=O)=O)c6)nccc5[nH]4)c3c2F)c1. The van der Waals surface area contributed by atoms with Crippen molar-refractivity contribution in [1.29, 1.82) is 0 Å². The second kappa shape index (κ2) is 10.9. The van der Waals surface area contributed by atoms with Crippen LogP contribution in [0.5, 0.6) is 0 Å². The number of carbonyl (C=O) groups is 1. The van der Waals surface area contributed by atoms with Gasteiger partial charge in [0.15, 0.2) is 11.6 Å². The monoisotopic (exact) mass is 603 g/mol. The molecule has 0 radical (unpaired) electrons. The molecule has 0 bridgehead atoms. The van der Waals surface area contributed by atoms with Crippen LogP contribution in [0.2, 0.25) is 0 Å². The van der Waals surface area contributed by atoms with E-state index in [0.717, 1.165) is 6.26 Å². The van der Waals surface area contributed by atoms with Crippen molar-refractivity contribution < 1.29 is 22.0 Å². The van der Waals surface area contributed by atoms with Gasteiger partial charge in [0.2, 0.25) is 15.9 Å². The molecule has 0 aliphatic carbocycles. The Bertz CT molecular complexity index is 2140. The Morgan fingerprint density at radius 2 is 1.81 bits per heavy atom. The lowest BCUT2D eigenvalue weighted by Gasteiger charge is -2.07. The van der Waals surface area contributed by atoms with Gasteiger partial charge in [-0.25, -0.2) is 26.9 Å². The highest BCUT2D eigenvalue weighted by atomic mass is 32.2. The maximum atomic E-state index is 16.1. The molecule has 0 saturated carbocycles. The van der Waals surface area contributed by atoms with E-state index in [1.807, 2.05) is 0 Å². The summed E-state index contributed by atoms with van der Waals surface area (Å²) in [5, 5.41) is 9.89. The van der Waals surface area contributed by atoms with Crippen LogP contribution >= 0.6 is 0 Å². The van der Waals surface area contributed by atoms with Crippen LogP contribution in [0.3, 0.4) is 0 Å². The Morgan fingerprint density at radius 3 is 2.60 bits per heavy atom. The summed E-state index contributed by atoms with van der Waals surface area (Å²) >= 11 is 0. The van der Waals surface area contributed by atoms with Crippen LogP contribution in [0.4, 0.5) is 14.5 Å². The van der Waals surface area contributed by atoms with E-state index in [4.69, 9.17) is 0 Å². The number of hydrogen-bond donors (Lipinski definition) is 4. The van der Waals surface area contributed by atoms with Gasteiger partial charge in [-0.2, -0.15) is 5.10 Å². The Labute approximate surface area is 243 Å². The maximum absolute atomic E-state index is 16.1. The predicted octanol–water partition coefficient (Wildman–Crippen LogP) is 4.30. The molecule has 6 rings (SSSR count). The van der Waals surface area contributed by atoms with Crippen LogP contribution in [-0.2, 0) is 21.4 Å². The normalized spacial score (nSPS) is 11.8. The van der Waals surface area contributed by atoms with Crippen molar-refractivity contribution in [1.82, 2.24) is 39.8 Å². The first-order valence-electron chi connectivity index (χ1n) is 13.0. The minimum atomic E-state index is -3.49. The number of rotatable bonds is 8. The first kappa shape index (κ1) is 28.0. The average molecular weight is 604 g/mol. The van der Waals surface area contributed by atoms with Gasteiger partial charge in [-0.15, -0.1) is 0 Å². The van der Waals surface area contributed by atoms with E-state index >= 15 is 4.39 Å². The molecule has 0 spiro atoms. The topological polar surface area (TPSA) is 171 Å². The lowest BCUT2D eigenvalue weighted by atomic mass is 10.1. The van der Waals surface area contributed by atoms with E-state index in [1.54, 1.807) is 25.1 Å². The second-order valence-electron chi connectivity index (χ2n) is 9.73. The molecule has 5 heterocycles. The molecule has 6 aromatic rings. The van der Waals surface area contributed by atoms with Crippen molar-refractivity contribution in [3.63, 3.8) is 0 Å². The predicted molar refractivity (Wildman–Crippen MR) is 156 cm³/mol. The molecule has 0 aliphatic heterocycles. The summed E-state index contributed by atoms with van der Waals surface area (Å²) in [6.45, 7) is 1.61. The molecule has 43 heavy (non-hydrogen) atoms. The van der Waals surface area contributed by atoms with Crippen LogP contribution in [-0.4, -0.2) is 55.7 Å². The fourth-order valence-electron chi connectivity index (χ4n) is 4.60. The number of hydrogen-bond acceptors (Lipinski definition) is 8. The highest BCUT2D eigenvalue weighted by Crippen LogP contribution is 2.34. The van der Waals surface area contributed by atoms with Gasteiger partial charge in [0, 0.05) is 36.5 Å². The van der Waals surface area contributed by atoms with Crippen molar-refractivity contribution in [3.05, 3.63) is 72.3 Å². The molecule has 1 amide bonds. The number of imidazole rings is 1. The van der Waals surface area contributed by atoms with E-state index in [1.165, 1.54) is 36.9 Å². The minimum Gasteiger partial charge on any atom is -0.336 e. The second-order valence-corrected chi connectivity index (χ2v) is 11.6. The number of carbonyl (C=O) groups excluding carboxylic acids is 1. The van der Waals surface area contributed by atoms with E-state index in [2.05, 4.69) is 45.2 Å². The number of nitrogens with one attached hydrogen (secondary N) is 4. The van der Waals surface area contributed by atoms with Crippen LogP contribution in [0, 0.1) is 11.6 Å². The molecule has 12 nitrogen and oxygen atoms in total. The molecule has 218 valence electrons. The van der Waals surface area contributed by atoms with Crippen LogP contribution in [0.1, 0.15) is 18.9 Å². The Morgan fingerprint density at radius 1 is 0.977 bits per heavy atom. The van der Waals surface area contributed by atoms with Crippen molar-refractivity contribution in [2.24, 2.45) is 0 Å². The number of fused-ring (bicyclic) bond motifs is 2. The number of amides is 1. The van der Waals surface area contributed by atoms with Crippen molar-refractivity contribution in [2.75, 3.05) is 11.6 Å². The van der Waals surface area contributed by atoms with Gasteiger partial charge in [-0.05, 0) is 35.9 Å². The first-order chi connectivity index (χ1) is 20.6. The molecule has 4 N–H and O–H groups in total. The largest absolute Gasteiger partial charge is 0.336 e. The van der Waals surface area contributed by atoms with Gasteiger partial charge in [0.05, 0.1) is 46.5 Å². The number of pyridine rings is 3. The van der Waals surface area contributed by atoms with Gasteiger partial charge in [-0.3, -0.25) is 24.8 Å². The standard InChI is InChI=1S/C28H23F2N9O3S/c1-3-21(40)35-18-9-16(11-31-12-18)24-23(30)22-20(13-33-24)38-39-27(22)28-36-19-4-5-32-25(26(19)37-28)15-6-14(7-17(29)8-15)10-34-43(2,41)42/h4-9,11-13,34H,3,10H2,1-2H3,(H,35,40)(H,36,37)(H,38,39). The smallest absolute Gasteiger partial charge is 0.224 e. The van der Waals surface area contributed by atoms with Crippen molar-refractivity contribution in [2.45, 2.75) is 19.9 Å². The fourth-order valence-corrected chi connectivity index (χ4v) is 5.03. The summed E-state index contributed by atoms with van der Waals surface area (Å²) in [6.07, 6.45) is 7.15. The molecule has 0 fully saturated rings. The third-order valence-electron chi connectivity index (χ3n) is 6.56. The quantitative estimate of drug-likeness (QED) is 0.199. The number of aromatic nitrogens is 7. The van der Waals surface area contributed by atoms with E-state index < -0.39 is 21.7 Å². The number of H-pyrrole nitrogens is 2. The Balaban J connectivity index is 1.42. The lowest BCUT2D eigenvalue weighted by molar-refractivity contribution is -0.115. The number of sulfonamides is 1. The Hall–Kier alpha value is -5.15. The molecule has 0 unspecified atom stereocenters. The average Bonchev–Trinajstić information content (AvgIpc) is 3.60. The van der Waals surface area contributed by atoms with Gasteiger partial charge in [-0.1, -0.05) is 6.92 Å². The van der Waals surface area contributed by atoms with Crippen LogP contribution in [0.15, 0.2) is 55.1 Å². The summed E-state index contributed by atoms with van der Waals surface area (Å²) in [7, 11) is -3.49. The molecule has 5 aromatic heterocycles. The summed E-state index contributed by atoms with van der Waals surface area (Å²) < 4.78 is 56.0. The molecular weight excluding hydrogens is 580 g/mol. The van der Waals surface area contributed by atoms with Crippen molar-refractivity contribution in [3.8, 4) is 34.0 Å². The third-order valence-corrected chi connectivity index (χ3v) is 7.22. The lowest BCUT2D eigenvalue weighted by Crippen LogP contribution is -2.21. The molecular formula is C28H23F2N9O3S. The van der Waals surface area contributed by atoms with Gasteiger partial charge >= 0.3 is 0 Å². The molecule has 0 saturated heterocycles. The van der Waals surface area contributed by atoms with Gasteiger partial charge < -0.3 is 10.3 Å². The fraction of sp³-hybridized carbons (Fsp3) is 0.143. The van der Waals surface area contributed by atoms with Gasteiger partial charge in [0.1, 0.15) is 22.7 Å². The summed E-state index contributed by atoms with van der Waals surface area (Å²) in [4.78, 5) is 32.4. The van der Waals surface area contributed by atoms with Gasteiger partial charge in [0.25, 0.3) is 0 Å². The number of nitrogens with zero attached hydrogens (tertiary/aromatic N) is 5. The maximum Gasteiger partial charge on any atom is 0.224 e. The molecule has 0 aliphatic rings. The third kappa shape index (κ3) is 5.67. The Kier molecular flexibility index (Phi) is 7.11. The highest BCUT2D eigenvalue weighted by molar-refractivity contribution is 7.88. The van der Waals surface area contributed by atoms with E-state index in [9.17, 15) is 17.6 Å². The highest BCUT2D eigenvalue weighted by Gasteiger charge is 2.22. The number of anilines is 1. The first-order valence-corrected chi connectivity index (χ1v) is 14.9. The molecule has 1 aromatic carbocycles. The zero-order valence-corrected chi connectivity index (χ0v) is 23.6.